The van der Waals surface area contributed by atoms with Gasteiger partial charge in [0.05, 0.1) is 0 Å². The van der Waals surface area contributed by atoms with Crippen LogP contribution in [0.15, 0.2) is 17.2 Å². The highest BCUT2D eigenvalue weighted by Gasteiger charge is 2.35. The molecule has 0 radical (unpaired) electrons. The molecule has 1 rings (SSSR count). The molecule has 80 valence electrons. The van der Waals surface area contributed by atoms with Gasteiger partial charge in [-0.25, -0.2) is 0 Å². The first-order valence-corrected chi connectivity index (χ1v) is 4.01. The average Bonchev–Trinajstić information content (AvgIpc) is 2.29. The number of alkyl halides is 6. The van der Waals surface area contributed by atoms with Crippen LogP contribution >= 0.6 is 11.8 Å². The Bertz CT molecular complexity index is 311. The first-order valence-electron chi connectivity index (χ1n) is 3.20. The molecule has 0 aliphatic rings. The lowest BCUT2D eigenvalue weighted by molar-refractivity contribution is -0.140. The van der Waals surface area contributed by atoms with Crippen LogP contribution in [0.2, 0.25) is 0 Å². The Hall–Kier alpha value is -0.790. The van der Waals surface area contributed by atoms with Gasteiger partial charge in [0.2, 0.25) is 0 Å². The molecule has 1 N–H and O–H groups in total. The standard InChI is InChI=1S/C6H3F6NS/c7-5(8,9)4-1-3(2-13-4)14-6(10,11)12/h1-2,13H. The van der Waals surface area contributed by atoms with E-state index in [0.717, 1.165) is 0 Å². The Balaban J connectivity index is 2.79. The molecule has 0 bridgehead atoms. The summed E-state index contributed by atoms with van der Waals surface area (Å²) in [6, 6.07) is 0.415. The van der Waals surface area contributed by atoms with Gasteiger partial charge in [-0.05, 0) is 17.8 Å². The van der Waals surface area contributed by atoms with E-state index in [9.17, 15) is 26.3 Å². The molecule has 0 spiro atoms. The van der Waals surface area contributed by atoms with Crippen molar-refractivity contribution in [2.24, 2.45) is 0 Å². The van der Waals surface area contributed by atoms with E-state index in [0.29, 0.717) is 12.3 Å². The number of hydrogen-bond acceptors (Lipinski definition) is 1. The van der Waals surface area contributed by atoms with Crippen molar-refractivity contribution in [3.05, 3.63) is 18.0 Å². The zero-order chi connectivity index (χ0) is 11.0. The van der Waals surface area contributed by atoms with Gasteiger partial charge in [-0.3, -0.25) is 0 Å². The smallest absolute Gasteiger partial charge is 0.357 e. The molecule has 0 amide bonds. The van der Waals surface area contributed by atoms with Crippen molar-refractivity contribution in [2.75, 3.05) is 0 Å². The van der Waals surface area contributed by atoms with Gasteiger partial charge >= 0.3 is 11.7 Å². The van der Waals surface area contributed by atoms with Crippen molar-refractivity contribution in [3.63, 3.8) is 0 Å². The Morgan fingerprint density at radius 1 is 1.07 bits per heavy atom. The summed E-state index contributed by atoms with van der Waals surface area (Å²) in [7, 11) is 0. The minimum atomic E-state index is -4.65. The SMILES string of the molecule is FC(F)(F)Sc1c[nH]c(C(F)(F)F)c1. The van der Waals surface area contributed by atoms with Crippen LogP contribution in [0, 0.1) is 0 Å². The first kappa shape index (κ1) is 11.3. The molecule has 14 heavy (non-hydrogen) atoms. The quantitative estimate of drug-likeness (QED) is 0.580. The van der Waals surface area contributed by atoms with Gasteiger partial charge in [0.25, 0.3) is 0 Å². The third-order valence-electron chi connectivity index (χ3n) is 1.20. The van der Waals surface area contributed by atoms with Gasteiger partial charge in [0.1, 0.15) is 5.69 Å². The van der Waals surface area contributed by atoms with Crippen molar-refractivity contribution >= 4 is 11.8 Å². The fourth-order valence-electron chi connectivity index (χ4n) is 0.731. The predicted molar refractivity (Wildman–Crippen MR) is 37.7 cm³/mol. The van der Waals surface area contributed by atoms with Crippen LogP contribution in [-0.4, -0.2) is 10.5 Å². The Labute approximate surface area is 78.5 Å². The summed E-state index contributed by atoms with van der Waals surface area (Å²) >= 11 is -0.594. The van der Waals surface area contributed by atoms with Gasteiger partial charge < -0.3 is 4.98 Å². The summed E-state index contributed by atoms with van der Waals surface area (Å²) in [6.07, 6.45) is -3.98. The highest BCUT2D eigenvalue weighted by atomic mass is 32.2. The van der Waals surface area contributed by atoms with Gasteiger partial charge in [0.15, 0.2) is 0 Å². The van der Waals surface area contributed by atoms with Crippen molar-refractivity contribution in [3.8, 4) is 0 Å². The van der Waals surface area contributed by atoms with E-state index in [1.165, 1.54) is 0 Å². The van der Waals surface area contributed by atoms with Crippen molar-refractivity contribution < 1.29 is 26.3 Å². The van der Waals surface area contributed by atoms with Crippen molar-refractivity contribution in [1.82, 2.24) is 4.98 Å². The molecule has 0 fully saturated rings. The molecule has 1 aromatic rings. The van der Waals surface area contributed by atoms with E-state index >= 15 is 0 Å². The topological polar surface area (TPSA) is 15.8 Å². The number of rotatable bonds is 1. The third-order valence-corrected chi connectivity index (χ3v) is 1.90. The molecular weight excluding hydrogens is 232 g/mol. The molecule has 0 aromatic carbocycles. The van der Waals surface area contributed by atoms with Gasteiger partial charge in [-0.1, -0.05) is 0 Å². The van der Waals surface area contributed by atoms with E-state index < -0.39 is 34.0 Å². The Morgan fingerprint density at radius 3 is 2.00 bits per heavy atom. The van der Waals surface area contributed by atoms with E-state index in [1.54, 1.807) is 4.98 Å². The largest absolute Gasteiger partial charge is 0.446 e. The second-order valence-electron chi connectivity index (χ2n) is 2.29. The second-order valence-corrected chi connectivity index (χ2v) is 3.43. The predicted octanol–water partition coefficient (Wildman–Crippen LogP) is 3.65. The zero-order valence-corrected chi connectivity index (χ0v) is 7.15. The number of nitrogens with one attached hydrogen (secondary N) is 1. The minimum Gasteiger partial charge on any atom is -0.357 e. The fourth-order valence-corrected chi connectivity index (χ4v) is 1.29. The summed E-state index contributed by atoms with van der Waals surface area (Å²) in [6.45, 7) is 0. The number of halogens is 6. The normalized spacial score (nSPS) is 13.3. The second kappa shape index (κ2) is 3.41. The average molecular weight is 235 g/mol. The molecule has 0 saturated carbocycles. The summed E-state index contributed by atoms with van der Waals surface area (Å²) < 4.78 is 70.9. The maximum absolute atomic E-state index is 11.9. The Kier molecular flexibility index (Phi) is 2.75. The lowest BCUT2D eigenvalue weighted by atomic mass is 10.4. The van der Waals surface area contributed by atoms with Crippen LogP contribution < -0.4 is 0 Å². The third kappa shape index (κ3) is 3.17. The monoisotopic (exact) mass is 235 g/mol. The minimum absolute atomic E-state index is 0.415. The Morgan fingerprint density at radius 2 is 1.64 bits per heavy atom. The zero-order valence-electron chi connectivity index (χ0n) is 6.33. The van der Waals surface area contributed by atoms with Gasteiger partial charge in [-0.2, -0.15) is 26.3 Å². The number of hydrogen-bond donors (Lipinski definition) is 1. The van der Waals surface area contributed by atoms with Crippen molar-refractivity contribution in [2.45, 2.75) is 16.6 Å². The van der Waals surface area contributed by atoms with E-state index in [1.807, 2.05) is 0 Å². The number of aromatic amines is 1. The molecule has 0 aliphatic heterocycles. The van der Waals surface area contributed by atoms with Gasteiger partial charge in [-0.15, -0.1) is 0 Å². The summed E-state index contributed by atoms with van der Waals surface area (Å²) in [5.41, 5.74) is -5.77. The van der Waals surface area contributed by atoms with Crippen LogP contribution in [0.1, 0.15) is 5.69 Å². The maximum Gasteiger partial charge on any atom is 0.446 e. The summed E-state index contributed by atoms with van der Waals surface area (Å²) in [5, 5.41) is 0. The van der Waals surface area contributed by atoms with E-state index in [4.69, 9.17) is 0 Å². The van der Waals surface area contributed by atoms with Gasteiger partial charge in [0, 0.05) is 11.1 Å². The molecule has 8 heteroatoms. The number of thioether (sulfide) groups is 1. The highest BCUT2D eigenvalue weighted by molar-refractivity contribution is 8.00. The lowest BCUT2D eigenvalue weighted by Gasteiger charge is -2.02. The van der Waals surface area contributed by atoms with E-state index in [-0.39, 0.29) is 0 Å². The molecule has 0 saturated heterocycles. The van der Waals surface area contributed by atoms with Crippen LogP contribution in [-0.2, 0) is 6.18 Å². The molecule has 0 aliphatic carbocycles. The van der Waals surface area contributed by atoms with Crippen LogP contribution in [0.5, 0.6) is 0 Å². The molecular formula is C6H3F6NS. The fraction of sp³-hybridized carbons (Fsp3) is 0.333. The number of aromatic nitrogens is 1. The first-order chi connectivity index (χ1) is 6.18. The molecule has 1 heterocycles. The van der Waals surface area contributed by atoms with Crippen LogP contribution in [0.4, 0.5) is 26.3 Å². The van der Waals surface area contributed by atoms with E-state index in [2.05, 4.69) is 0 Å². The molecule has 0 atom stereocenters. The molecule has 1 aromatic heterocycles. The van der Waals surface area contributed by atoms with Crippen LogP contribution in [0.25, 0.3) is 0 Å². The number of H-pyrrole nitrogens is 1. The summed E-state index contributed by atoms with van der Waals surface area (Å²) in [5.74, 6) is 0. The summed E-state index contributed by atoms with van der Waals surface area (Å²) in [4.78, 5) is 1.21. The molecule has 0 unspecified atom stereocenters. The lowest BCUT2D eigenvalue weighted by Crippen LogP contribution is -2.04. The highest BCUT2D eigenvalue weighted by Crippen LogP contribution is 2.39. The maximum atomic E-state index is 11.9. The van der Waals surface area contributed by atoms with Crippen molar-refractivity contribution in [1.29, 1.82) is 0 Å². The van der Waals surface area contributed by atoms with Crippen LogP contribution in [0.3, 0.4) is 0 Å². The molecule has 1 nitrogen and oxygen atoms in total.